The Morgan fingerprint density at radius 3 is 2.45 bits per heavy atom. The van der Waals surface area contributed by atoms with Crippen LogP contribution in [0.15, 0.2) is 30.3 Å². The molecule has 1 unspecified atom stereocenters. The number of carbonyl (C=O) groups excluding carboxylic acids is 2. The van der Waals surface area contributed by atoms with Crippen LogP contribution in [0, 0.1) is 0 Å². The largest absolute Gasteiger partial charge is 0.354 e. The van der Waals surface area contributed by atoms with Crippen molar-refractivity contribution in [1.82, 2.24) is 20.4 Å². The number of amides is 2. The molecule has 3 aliphatic rings. The summed E-state index contributed by atoms with van der Waals surface area (Å²) in [6.45, 7) is 5.15. The van der Waals surface area contributed by atoms with Gasteiger partial charge in [-0.3, -0.25) is 19.4 Å². The van der Waals surface area contributed by atoms with Crippen LogP contribution < -0.4 is 10.6 Å². The van der Waals surface area contributed by atoms with Gasteiger partial charge in [-0.15, -0.1) is 0 Å². The van der Waals surface area contributed by atoms with Crippen molar-refractivity contribution in [2.24, 2.45) is 0 Å². The molecule has 1 aliphatic carbocycles. The van der Waals surface area contributed by atoms with E-state index in [1.165, 1.54) is 56.9 Å². The van der Waals surface area contributed by atoms with Crippen LogP contribution in [0.25, 0.3) is 0 Å². The first-order valence-electron chi connectivity index (χ1n) is 12.2. The maximum Gasteiger partial charge on any atom is 0.237 e. The van der Waals surface area contributed by atoms with Crippen LogP contribution >= 0.6 is 0 Å². The summed E-state index contributed by atoms with van der Waals surface area (Å²) in [4.78, 5) is 30.4. The zero-order chi connectivity index (χ0) is 21.5. The van der Waals surface area contributed by atoms with Crippen LogP contribution in [-0.2, 0) is 16.1 Å². The number of piperazine rings is 1. The highest BCUT2D eigenvalue weighted by atomic mass is 16.2. The van der Waals surface area contributed by atoms with Gasteiger partial charge in [-0.2, -0.15) is 0 Å². The molecular weight excluding hydrogens is 388 g/mol. The van der Waals surface area contributed by atoms with Crippen molar-refractivity contribution < 1.29 is 9.59 Å². The van der Waals surface area contributed by atoms with Gasteiger partial charge in [0, 0.05) is 31.7 Å². The molecule has 1 atom stereocenters. The van der Waals surface area contributed by atoms with E-state index in [4.69, 9.17) is 0 Å². The van der Waals surface area contributed by atoms with E-state index in [1.54, 1.807) is 0 Å². The Bertz CT molecular complexity index is 726. The average molecular weight is 427 g/mol. The minimum atomic E-state index is -0.397. The maximum atomic E-state index is 13.0. The van der Waals surface area contributed by atoms with Gasteiger partial charge in [0.25, 0.3) is 0 Å². The molecule has 3 fully saturated rings. The SMILES string of the molecule is O=C(CC1C(=O)NCCN1Cc1ccccc1)NCC1(N2CCCCC2)CCCCC1. The van der Waals surface area contributed by atoms with Crippen molar-refractivity contribution >= 4 is 11.8 Å². The van der Waals surface area contributed by atoms with Crippen LogP contribution in [0.1, 0.15) is 63.4 Å². The molecule has 6 heteroatoms. The highest BCUT2D eigenvalue weighted by Gasteiger charge is 2.39. The summed E-state index contributed by atoms with van der Waals surface area (Å²) in [6, 6.07) is 9.80. The molecule has 4 rings (SSSR count). The molecule has 1 aromatic carbocycles. The van der Waals surface area contributed by atoms with Gasteiger partial charge in [-0.1, -0.05) is 56.0 Å². The van der Waals surface area contributed by atoms with Gasteiger partial charge in [0.05, 0.1) is 12.5 Å². The Labute approximate surface area is 186 Å². The molecular formula is C25H38N4O2. The zero-order valence-electron chi connectivity index (χ0n) is 18.8. The molecule has 1 aromatic rings. The Kier molecular flexibility index (Phi) is 7.62. The number of likely N-dealkylation sites (tertiary alicyclic amines) is 1. The van der Waals surface area contributed by atoms with E-state index >= 15 is 0 Å². The number of rotatable bonds is 7. The molecule has 0 bridgehead atoms. The highest BCUT2D eigenvalue weighted by Crippen LogP contribution is 2.35. The summed E-state index contributed by atoms with van der Waals surface area (Å²) in [7, 11) is 0. The Morgan fingerprint density at radius 1 is 1.00 bits per heavy atom. The van der Waals surface area contributed by atoms with Crippen molar-refractivity contribution in [3.8, 4) is 0 Å². The van der Waals surface area contributed by atoms with Crippen LogP contribution in [0.2, 0.25) is 0 Å². The fraction of sp³-hybridized carbons (Fsp3) is 0.680. The smallest absolute Gasteiger partial charge is 0.237 e. The van der Waals surface area contributed by atoms with Gasteiger partial charge in [-0.25, -0.2) is 0 Å². The third-order valence-corrected chi connectivity index (χ3v) is 7.47. The lowest BCUT2D eigenvalue weighted by Crippen LogP contribution is -2.59. The van der Waals surface area contributed by atoms with Crippen molar-refractivity contribution in [1.29, 1.82) is 0 Å². The predicted molar refractivity (Wildman–Crippen MR) is 123 cm³/mol. The van der Waals surface area contributed by atoms with E-state index in [0.29, 0.717) is 13.1 Å². The molecule has 0 spiro atoms. The fourth-order valence-electron chi connectivity index (χ4n) is 5.68. The number of benzene rings is 1. The molecule has 6 nitrogen and oxygen atoms in total. The Balaban J connectivity index is 1.37. The van der Waals surface area contributed by atoms with Crippen molar-refractivity contribution in [3.63, 3.8) is 0 Å². The van der Waals surface area contributed by atoms with E-state index in [-0.39, 0.29) is 23.8 Å². The van der Waals surface area contributed by atoms with Crippen molar-refractivity contribution in [2.75, 3.05) is 32.7 Å². The van der Waals surface area contributed by atoms with E-state index in [1.807, 2.05) is 18.2 Å². The second-order valence-electron chi connectivity index (χ2n) is 9.58. The molecule has 1 saturated carbocycles. The lowest BCUT2D eigenvalue weighted by molar-refractivity contribution is -0.134. The van der Waals surface area contributed by atoms with Gasteiger partial charge in [0.15, 0.2) is 0 Å². The predicted octanol–water partition coefficient (Wildman–Crippen LogP) is 2.68. The number of hydrogen-bond acceptors (Lipinski definition) is 4. The lowest BCUT2D eigenvalue weighted by Gasteiger charge is -2.48. The monoisotopic (exact) mass is 426 g/mol. The summed E-state index contributed by atoms with van der Waals surface area (Å²) in [5.41, 5.74) is 1.29. The molecule has 2 saturated heterocycles. The standard InChI is InChI=1S/C25H38N4O2/c30-23(27-20-25(12-6-2-7-13-25)29-15-8-3-9-16-29)18-22-24(31)26-14-17-28(22)19-21-10-4-1-5-11-21/h1,4-5,10-11,22H,2-3,6-9,12-20H2,(H,26,31)(H,27,30). The molecule has 2 N–H and O–H groups in total. The number of hydrogen-bond donors (Lipinski definition) is 2. The Hall–Kier alpha value is -1.92. The summed E-state index contributed by atoms with van der Waals surface area (Å²) < 4.78 is 0. The van der Waals surface area contributed by atoms with Crippen LogP contribution in [0.3, 0.4) is 0 Å². The van der Waals surface area contributed by atoms with Gasteiger partial charge in [0.2, 0.25) is 11.8 Å². The number of nitrogens with one attached hydrogen (secondary N) is 2. The normalized spacial score (nSPS) is 25.0. The summed E-state index contributed by atoms with van der Waals surface area (Å²) in [6.07, 6.45) is 10.3. The van der Waals surface area contributed by atoms with Gasteiger partial charge in [-0.05, 0) is 44.3 Å². The van der Waals surface area contributed by atoms with Gasteiger partial charge >= 0.3 is 0 Å². The molecule has 0 radical (unpaired) electrons. The molecule has 2 heterocycles. The number of carbonyl (C=O) groups is 2. The van der Waals surface area contributed by atoms with Crippen LogP contribution in [-0.4, -0.2) is 65.9 Å². The average Bonchev–Trinajstić information content (AvgIpc) is 2.82. The topological polar surface area (TPSA) is 64.7 Å². The van der Waals surface area contributed by atoms with E-state index in [2.05, 4.69) is 32.6 Å². The van der Waals surface area contributed by atoms with Crippen molar-refractivity contribution in [2.45, 2.75) is 75.9 Å². The van der Waals surface area contributed by atoms with Crippen LogP contribution in [0.5, 0.6) is 0 Å². The quantitative estimate of drug-likeness (QED) is 0.704. The van der Waals surface area contributed by atoms with Crippen LogP contribution in [0.4, 0.5) is 0 Å². The number of piperidine rings is 1. The number of nitrogens with zero attached hydrogens (tertiary/aromatic N) is 2. The first-order chi connectivity index (χ1) is 15.2. The van der Waals surface area contributed by atoms with Gasteiger partial charge < -0.3 is 10.6 Å². The minimum absolute atomic E-state index is 0.00192. The highest BCUT2D eigenvalue weighted by molar-refractivity contribution is 5.88. The summed E-state index contributed by atoms with van der Waals surface area (Å²) >= 11 is 0. The first-order valence-corrected chi connectivity index (χ1v) is 12.2. The molecule has 0 aromatic heterocycles. The van der Waals surface area contributed by atoms with E-state index in [9.17, 15) is 9.59 Å². The van der Waals surface area contributed by atoms with E-state index in [0.717, 1.165) is 26.2 Å². The Morgan fingerprint density at radius 2 is 1.71 bits per heavy atom. The summed E-state index contributed by atoms with van der Waals surface area (Å²) in [5, 5.41) is 6.20. The molecule has 170 valence electrons. The van der Waals surface area contributed by atoms with E-state index < -0.39 is 6.04 Å². The third kappa shape index (κ3) is 5.66. The fourth-order valence-corrected chi connectivity index (χ4v) is 5.68. The van der Waals surface area contributed by atoms with Crippen molar-refractivity contribution in [3.05, 3.63) is 35.9 Å². The third-order valence-electron chi connectivity index (χ3n) is 7.47. The molecule has 31 heavy (non-hydrogen) atoms. The second-order valence-corrected chi connectivity index (χ2v) is 9.58. The molecule has 2 aliphatic heterocycles. The van der Waals surface area contributed by atoms with Gasteiger partial charge in [0.1, 0.15) is 0 Å². The zero-order valence-corrected chi connectivity index (χ0v) is 18.8. The summed E-state index contributed by atoms with van der Waals surface area (Å²) in [5.74, 6) is -0.0252. The first kappa shape index (κ1) is 22.3. The molecule has 2 amide bonds. The minimum Gasteiger partial charge on any atom is -0.354 e. The second kappa shape index (κ2) is 10.6. The lowest BCUT2D eigenvalue weighted by atomic mass is 9.79. The maximum absolute atomic E-state index is 13.0.